The van der Waals surface area contributed by atoms with Gasteiger partial charge in [-0.2, -0.15) is 15.2 Å². The van der Waals surface area contributed by atoms with Crippen molar-refractivity contribution in [2.75, 3.05) is 5.01 Å². The fourth-order valence-corrected chi connectivity index (χ4v) is 5.56. The van der Waals surface area contributed by atoms with Crippen LogP contribution in [0.25, 0.3) is 44.8 Å². The summed E-state index contributed by atoms with van der Waals surface area (Å²) < 4.78 is 4.22. The van der Waals surface area contributed by atoms with E-state index in [9.17, 15) is 4.79 Å². The van der Waals surface area contributed by atoms with Crippen LogP contribution in [0.2, 0.25) is 0 Å². The monoisotopic (exact) mass is 521 g/mol. The molecule has 0 fully saturated rings. The molecule has 0 spiro atoms. The summed E-state index contributed by atoms with van der Waals surface area (Å²) in [6, 6.07) is 34.6. The van der Waals surface area contributed by atoms with Crippen molar-refractivity contribution in [2.24, 2.45) is 5.10 Å². The molecule has 6 nitrogen and oxygen atoms in total. The summed E-state index contributed by atoms with van der Waals surface area (Å²) in [4.78, 5) is 13.5. The Morgan fingerprint density at radius 2 is 1.45 bits per heavy atom. The first-order chi connectivity index (χ1) is 19.6. The number of anilines is 1. The van der Waals surface area contributed by atoms with Crippen LogP contribution in [0.4, 0.5) is 5.69 Å². The molecule has 0 saturated heterocycles. The SMILES string of the molecule is CCn1c2ccccc2c2cc(-c3nn(-c4ccccc4)cc3C=C3C(=O)N(c4ccccc4)N=C3C)ccc21. The molecule has 0 unspecified atom stereocenters. The molecule has 40 heavy (non-hydrogen) atoms. The maximum Gasteiger partial charge on any atom is 0.280 e. The van der Waals surface area contributed by atoms with Crippen LogP contribution in [0.3, 0.4) is 0 Å². The van der Waals surface area contributed by atoms with E-state index in [1.165, 1.54) is 26.8 Å². The van der Waals surface area contributed by atoms with Crippen molar-refractivity contribution < 1.29 is 4.79 Å². The lowest BCUT2D eigenvalue weighted by Gasteiger charge is -2.11. The molecule has 194 valence electrons. The van der Waals surface area contributed by atoms with E-state index in [2.05, 4.69) is 59.1 Å². The van der Waals surface area contributed by atoms with Crippen LogP contribution in [0.15, 0.2) is 120 Å². The second-order valence-electron chi connectivity index (χ2n) is 9.90. The van der Waals surface area contributed by atoms with Gasteiger partial charge in [0.15, 0.2) is 0 Å². The summed E-state index contributed by atoms with van der Waals surface area (Å²) in [5.74, 6) is -0.149. The van der Waals surface area contributed by atoms with Crippen LogP contribution in [0.1, 0.15) is 19.4 Å². The molecule has 6 heteroatoms. The molecule has 0 saturated carbocycles. The van der Waals surface area contributed by atoms with E-state index in [4.69, 9.17) is 5.10 Å². The van der Waals surface area contributed by atoms with Gasteiger partial charge in [0.1, 0.15) is 0 Å². The first kappa shape index (κ1) is 23.9. The van der Waals surface area contributed by atoms with Crippen molar-refractivity contribution in [3.05, 3.63) is 120 Å². The van der Waals surface area contributed by atoms with E-state index >= 15 is 0 Å². The third-order valence-corrected chi connectivity index (χ3v) is 7.49. The fraction of sp³-hybridized carbons (Fsp3) is 0.0882. The number of rotatable bonds is 5. The summed E-state index contributed by atoms with van der Waals surface area (Å²) in [7, 11) is 0. The largest absolute Gasteiger partial charge is 0.341 e. The number of aryl methyl sites for hydroxylation is 1. The number of hydrogen-bond donors (Lipinski definition) is 0. The minimum absolute atomic E-state index is 0.149. The molecule has 0 aliphatic carbocycles. The molecule has 1 aliphatic heterocycles. The van der Waals surface area contributed by atoms with Gasteiger partial charge in [-0.25, -0.2) is 4.68 Å². The van der Waals surface area contributed by atoms with Crippen LogP contribution < -0.4 is 5.01 Å². The Morgan fingerprint density at radius 1 is 0.775 bits per heavy atom. The van der Waals surface area contributed by atoms with Gasteiger partial charge in [-0.3, -0.25) is 4.79 Å². The average molecular weight is 522 g/mol. The van der Waals surface area contributed by atoms with Crippen molar-refractivity contribution in [3.63, 3.8) is 0 Å². The Bertz CT molecular complexity index is 1960. The van der Waals surface area contributed by atoms with Crippen molar-refractivity contribution in [2.45, 2.75) is 20.4 Å². The van der Waals surface area contributed by atoms with E-state index in [0.717, 1.165) is 34.7 Å². The highest BCUT2D eigenvalue weighted by molar-refractivity contribution is 6.32. The molecule has 7 rings (SSSR count). The second-order valence-corrected chi connectivity index (χ2v) is 9.90. The summed E-state index contributed by atoms with van der Waals surface area (Å²) in [5.41, 5.74) is 8.00. The van der Waals surface area contributed by atoms with Crippen LogP contribution in [-0.4, -0.2) is 26.0 Å². The van der Waals surface area contributed by atoms with Gasteiger partial charge < -0.3 is 4.57 Å². The standard InChI is InChI=1S/C34H27N5O/c1-3-37-31-17-11-10-16-28(31)30-20-24(18-19-32(30)37)33-25(22-38(36-33)26-12-6-4-7-13-26)21-29-23(2)35-39(34(29)40)27-14-8-5-9-15-27/h4-22H,3H2,1-2H3. The van der Waals surface area contributed by atoms with Gasteiger partial charge in [-0.1, -0.05) is 60.7 Å². The number of aromatic nitrogens is 3. The topological polar surface area (TPSA) is 55.4 Å². The zero-order chi connectivity index (χ0) is 27.2. The van der Waals surface area contributed by atoms with Gasteiger partial charge in [0, 0.05) is 45.7 Å². The van der Waals surface area contributed by atoms with Gasteiger partial charge in [-0.15, -0.1) is 0 Å². The summed E-state index contributed by atoms with van der Waals surface area (Å²) in [6.45, 7) is 4.94. The van der Waals surface area contributed by atoms with Crippen molar-refractivity contribution >= 4 is 45.2 Å². The van der Waals surface area contributed by atoms with Gasteiger partial charge in [-0.05, 0) is 62.4 Å². The van der Waals surface area contributed by atoms with Crippen LogP contribution in [0.5, 0.6) is 0 Å². The lowest BCUT2D eigenvalue weighted by atomic mass is 10.0. The highest BCUT2D eigenvalue weighted by Crippen LogP contribution is 2.35. The molecule has 4 aromatic carbocycles. The summed E-state index contributed by atoms with van der Waals surface area (Å²) in [6.07, 6.45) is 3.91. The number of fused-ring (bicyclic) bond motifs is 3. The third kappa shape index (κ3) is 3.84. The van der Waals surface area contributed by atoms with Crippen molar-refractivity contribution in [1.29, 1.82) is 0 Å². The molecule has 2 aromatic heterocycles. The summed E-state index contributed by atoms with van der Waals surface area (Å²) in [5, 5.41) is 13.5. The predicted octanol–water partition coefficient (Wildman–Crippen LogP) is 7.47. The first-order valence-electron chi connectivity index (χ1n) is 13.5. The normalized spacial score (nSPS) is 14.6. The predicted molar refractivity (Wildman–Crippen MR) is 163 cm³/mol. The molecule has 0 radical (unpaired) electrons. The third-order valence-electron chi connectivity index (χ3n) is 7.49. The number of nitrogens with zero attached hydrogens (tertiary/aromatic N) is 5. The van der Waals surface area contributed by atoms with Crippen LogP contribution >= 0.6 is 0 Å². The van der Waals surface area contributed by atoms with E-state index in [0.29, 0.717) is 11.3 Å². The lowest BCUT2D eigenvalue weighted by Crippen LogP contribution is -2.21. The minimum atomic E-state index is -0.149. The Balaban J connectivity index is 1.39. The number of para-hydroxylation sites is 3. The molecular weight excluding hydrogens is 494 g/mol. The summed E-state index contributed by atoms with van der Waals surface area (Å²) >= 11 is 0. The van der Waals surface area contributed by atoms with Crippen molar-refractivity contribution in [1.82, 2.24) is 14.3 Å². The Kier molecular flexibility index (Phi) is 5.67. The Hall–Kier alpha value is -5.23. The molecule has 1 amide bonds. The molecule has 1 aliphatic rings. The highest BCUT2D eigenvalue weighted by Gasteiger charge is 2.29. The van der Waals surface area contributed by atoms with Gasteiger partial charge in [0.25, 0.3) is 5.91 Å². The maximum atomic E-state index is 13.5. The molecule has 0 bridgehead atoms. The van der Waals surface area contributed by atoms with Gasteiger partial charge >= 0.3 is 0 Å². The Morgan fingerprint density at radius 3 is 2.20 bits per heavy atom. The first-order valence-corrected chi connectivity index (χ1v) is 13.5. The number of hydrazone groups is 1. The van der Waals surface area contributed by atoms with E-state index in [1.54, 1.807) is 0 Å². The fourth-order valence-electron chi connectivity index (χ4n) is 5.56. The van der Waals surface area contributed by atoms with E-state index in [-0.39, 0.29) is 5.91 Å². The Labute approximate surface area is 232 Å². The number of benzene rings is 4. The number of amides is 1. The van der Waals surface area contributed by atoms with Crippen LogP contribution in [-0.2, 0) is 11.3 Å². The number of hydrogen-bond acceptors (Lipinski definition) is 3. The number of carbonyl (C=O) groups excluding carboxylic acids is 1. The minimum Gasteiger partial charge on any atom is -0.341 e. The maximum absolute atomic E-state index is 13.5. The second kappa shape index (κ2) is 9.50. The highest BCUT2D eigenvalue weighted by atomic mass is 16.2. The molecule has 6 aromatic rings. The quantitative estimate of drug-likeness (QED) is 0.221. The zero-order valence-electron chi connectivity index (χ0n) is 22.3. The number of carbonyl (C=O) groups is 1. The molecule has 0 atom stereocenters. The molecule has 0 N–H and O–H groups in total. The average Bonchev–Trinajstić information content (AvgIpc) is 3.66. The molecular formula is C34H27N5O. The van der Waals surface area contributed by atoms with Crippen LogP contribution in [0, 0.1) is 0 Å². The molecule has 3 heterocycles. The lowest BCUT2D eigenvalue weighted by molar-refractivity contribution is -0.114. The van der Waals surface area contributed by atoms with Gasteiger partial charge in [0.05, 0.1) is 28.4 Å². The van der Waals surface area contributed by atoms with E-state index in [1.807, 2.05) is 84.5 Å². The van der Waals surface area contributed by atoms with Gasteiger partial charge in [0.2, 0.25) is 0 Å². The smallest absolute Gasteiger partial charge is 0.280 e. The zero-order valence-corrected chi connectivity index (χ0v) is 22.3. The van der Waals surface area contributed by atoms with Crippen molar-refractivity contribution in [3.8, 4) is 16.9 Å². The van der Waals surface area contributed by atoms with E-state index < -0.39 is 0 Å².